The fourth-order valence-electron chi connectivity index (χ4n) is 1.56. The Morgan fingerprint density at radius 3 is 2.84 bits per heavy atom. The maximum Gasteiger partial charge on any atom is 0.324 e. The third-order valence-corrected chi connectivity index (χ3v) is 3.42. The van der Waals surface area contributed by atoms with Crippen molar-refractivity contribution in [2.75, 3.05) is 12.4 Å². The Morgan fingerprint density at radius 2 is 2.26 bits per heavy atom. The normalized spacial score (nSPS) is 10.2. The Bertz CT molecular complexity index is 597. The molecule has 0 saturated carbocycles. The van der Waals surface area contributed by atoms with E-state index in [4.69, 9.17) is 4.74 Å². The second-order valence-electron chi connectivity index (χ2n) is 3.79. The standard InChI is InChI=1S/C12H12N2O4S/c1-18-11-3-2-9(5-10(11)15)13-6-8-4-12(14(16)17)19-7-8/h2-5,7,13,15H,6H2,1H3. The van der Waals surface area contributed by atoms with Crippen molar-refractivity contribution in [1.82, 2.24) is 0 Å². The van der Waals surface area contributed by atoms with Crippen molar-refractivity contribution in [2.45, 2.75) is 6.54 Å². The number of nitro groups is 1. The van der Waals surface area contributed by atoms with Gasteiger partial charge in [-0.15, -0.1) is 0 Å². The van der Waals surface area contributed by atoms with E-state index in [2.05, 4.69) is 5.32 Å². The number of hydrogen-bond donors (Lipinski definition) is 2. The quantitative estimate of drug-likeness (QED) is 0.649. The van der Waals surface area contributed by atoms with E-state index < -0.39 is 4.92 Å². The molecule has 0 aliphatic rings. The summed E-state index contributed by atoms with van der Waals surface area (Å²) in [4.78, 5) is 10.1. The molecule has 100 valence electrons. The zero-order valence-electron chi connectivity index (χ0n) is 10.1. The van der Waals surface area contributed by atoms with Gasteiger partial charge in [-0.1, -0.05) is 11.3 Å². The summed E-state index contributed by atoms with van der Waals surface area (Å²) in [5.41, 5.74) is 1.54. The molecule has 7 heteroatoms. The number of benzene rings is 1. The van der Waals surface area contributed by atoms with Crippen LogP contribution in [0.5, 0.6) is 11.5 Å². The molecule has 2 rings (SSSR count). The number of phenolic OH excluding ortho intramolecular Hbond substituents is 1. The lowest BCUT2D eigenvalue weighted by molar-refractivity contribution is -0.380. The minimum atomic E-state index is -0.409. The molecule has 1 aromatic heterocycles. The Balaban J connectivity index is 2.01. The highest BCUT2D eigenvalue weighted by molar-refractivity contribution is 7.13. The molecule has 0 fully saturated rings. The topological polar surface area (TPSA) is 84.6 Å². The molecule has 0 saturated heterocycles. The monoisotopic (exact) mass is 280 g/mol. The van der Waals surface area contributed by atoms with Gasteiger partial charge in [-0.3, -0.25) is 10.1 Å². The molecule has 1 heterocycles. The maximum atomic E-state index is 10.6. The van der Waals surface area contributed by atoms with Gasteiger partial charge in [0.1, 0.15) is 0 Å². The average Bonchev–Trinajstić information content (AvgIpc) is 2.85. The largest absolute Gasteiger partial charge is 0.504 e. The highest BCUT2D eigenvalue weighted by atomic mass is 32.1. The highest BCUT2D eigenvalue weighted by Gasteiger charge is 2.09. The first-order chi connectivity index (χ1) is 9.10. The third kappa shape index (κ3) is 3.14. The summed E-state index contributed by atoms with van der Waals surface area (Å²) in [6, 6.07) is 6.48. The van der Waals surface area contributed by atoms with Gasteiger partial charge < -0.3 is 15.2 Å². The van der Waals surface area contributed by atoms with E-state index in [-0.39, 0.29) is 10.8 Å². The van der Waals surface area contributed by atoms with Crippen LogP contribution in [0.2, 0.25) is 0 Å². The van der Waals surface area contributed by atoms with Gasteiger partial charge >= 0.3 is 5.00 Å². The molecule has 0 aliphatic heterocycles. The molecule has 1 aromatic carbocycles. The number of nitrogens with zero attached hydrogens (tertiary/aromatic N) is 1. The number of ether oxygens (including phenoxy) is 1. The molecule has 0 radical (unpaired) electrons. The Kier molecular flexibility index (Phi) is 3.86. The smallest absolute Gasteiger partial charge is 0.324 e. The van der Waals surface area contributed by atoms with Gasteiger partial charge in [-0.25, -0.2) is 0 Å². The van der Waals surface area contributed by atoms with E-state index in [1.54, 1.807) is 23.6 Å². The summed E-state index contributed by atoms with van der Waals surface area (Å²) in [5.74, 6) is 0.445. The summed E-state index contributed by atoms with van der Waals surface area (Å²) >= 11 is 1.09. The first-order valence-electron chi connectivity index (χ1n) is 5.43. The predicted octanol–water partition coefficient (Wildman–Crippen LogP) is 2.98. The molecule has 0 bridgehead atoms. The second-order valence-corrected chi connectivity index (χ2v) is 4.68. The van der Waals surface area contributed by atoms with Crippen LogP contribution < -0.4 is 10.1 Å². The van der Waals surface area contributed by atoms with Crippen LogP contribution in [0.4, 0.5) is 10.7 Å². The van der Waals surface area contributed by atoms with E-state index in [9.17, 15) is 15.2 Å². The van der Waals surface area contributed by atoms with Crippen molar-refractivity contribution in [3.8, 4) is 11.5 Å². The van der Waals surface area contributed by atoms with Crippen LogP contribution in [0.15, 0.2) is 29.6 Å². The fourth-order valence-corrected chi connectivity index (χ4v) is 2.28. The molecule has 0 aliphatic carbocycles. The summed E-state index contributed by atoms with van der Waals surface area (Å²) < 4.78 is 4.94. The van der Waals surface area contributed by atoms with E-state index in [0.717, 1.165) is 16.9 Å². The number of rotatable bonds is 5. The van der Waals surface area contributed by atoms with Gasteiger partial charge in [0.05, 0.1) is 12.0 Å². The molecule has 0 amide bonds. The Morgan fingerprint density at radius 1 is 1.47 bits per heavy atom. The fraction of sp³-hybridized carbons (Fsp3) is 0.167. The number of phenols is 1. The molecule has 0 spiro atoms. The number of anilines is 1. The minimum Gasteiger partial charge on any atom is -0.504 e. The SMILES string of the molecule is COc1ccc(NCc2csc([N+](=O)[O-])c2)cc1O. The summed E-state index contributed by atoms with van der Waals surface area (Å²) in [6.07, 6.45) is 0. The zero-order chi connectivity index (χ0) is 13.8. The molecular formula is C12H12N2O4S. The maximum absolute atomic E-state index is 10.6. The van der Waals surface area contributed by atoms with Crippen molar-refractivity contribution in [1.29, 1.82) is 0 Å². The molecular weight excluding hydrogens is 268 g/mol. The molecule has 19 heavy (non-hydrogen) atoms. The second kappa shape index (κ2) is 5.57. The lowest BCUT2D eigenvalue weighted by atomic mass is 10.2. The number of nitrogens with one attached hydrogen (secondary N) is 1. The van der Waals surface area contributed by atoms with Crippen molar-refractivity contribution >= 4 is 22.0 Å². The van der Waals surface area contributed by atoms with Crippen LogP contribution in [0.1, 0.15) is 5.56 Å². The minimum absolute atomic E-state index is 0.0452. The van der Waals surface area contributed by atoms with Crippen LogP contribution in [0.3, 0.4) is 0 Å². The third-order valence-electron chi connectivity index (χ3n) is 2.50. The van der Waals surface area contributed by atoms with Gasteiger partial charge in [-0.2, -0.15) is 0 Å². The summed E-state index contributed by atoms with van der Waals surface area (Å²) in [7, 11) is 1.48. The van der Waals surface area contributed by atoms with Crippen LogP contribution in [-0.2, 0) is 6.54 Å². The lowest BCUT2D eigenvalue weighted by Crippen LogP contribution is -1.98. The molecule has 2 N–H and O–H groups in total. The summed E-state index contributed by atoms with van der Waals surface area (Å²) in [5, 5.41) is 25.1. The first-order valence-corrected chi connectivity index (χ1v) is 6.31. The van der Waals surface area contributed by atoms with Crippen LogP contribution in [0.25, 0.3) is 0 Å². The molecule has 6 nitrogen and oxygen atoms in total. The van der Waals surface area contributed by atoms with Gasteiger partial charge in [-0.05, 0) is 17.7 Å². The van der Waals surface area contributed by atoms with Gasteiger partial charge in [0.15, 0.2) is 11.5 Å². The first kappa shape index (κ1) is 13.2. The Hall–Kier alpha value is -2.28. The van der Waals surface area contributed by atoms with E-state index in [1.807, 2.05) is 0 Å². The summed E-state index contributed by atoms with van der Waals surface area (Å²) in [6.45, 7) is 0.454. The van der Waals surface area contributed by atoms with Gasteiger partial charge in [0, 0.05) is 29.7 Å². The number of aromatic hydroxyl groups is 1. The van der Waals surface area contributed by atoms with E-state index in [1.165, 1.54) is 13.2 Å². The van der Waals surface area contributed by atoms with Crippen molar-refractivity contribution < 1.29 is 14.8 Å². The van der Waals surface area contributed by atoms with Crippen molar-refractivity contribution in [3.63, 3.8) is 0 Å². The zero-order valence-corrected chi connectivity index (χ0v) is 10.9. The van der Waals surface area contributed by atoms with Crippen molar-refractivity contribution in [2.24, 2.45) is 0 Å². The van der Waals surface area contributed by atoms with Gasteiger partial charge in [0.2, 0.25) is 0 Å². The molecule has 2 aromatic rings. The van der Waals surface area contributed by atoms with Crippen molar-refractivity contribution in [3.05, 3.63) is 45.3 Å². The van der Waals surface area contributed by atoms with Gasteiger partial charge in [0.25, 0.3) is 0 Å². The Labute approximate surface area is 113 Å². The average molecular weight is 280 g/mol. The predicted molar refractivity (Wildman–Crippen MR) is 73.0 cm³/mol. The van der Waals surface area contributed by atoms with Crippen LogP contribution in [-0.4, -0.2) is 17.1 Å². The van der Waals surface area contributed by atoms with E-state index >= 15 is 0 Å². The number of hydrogen-bond acceptors (Lipinski definition) is 6. The number of methoxy groups -OCH3 is 1. The lowest BCUT2D eigenvalue weighted by Gasteiger charge is -2.08. The molecule has 0 atom stereocenters. The van der Waals surface area contributed by atoms with E-state index in [0.29, 0.717) is 18.0 Å². The van der Waals surface area contributed by atoms with Crippen LogP contribution >= 0.6 is 11.3 Å². The molecule has 0 unspecified atom stereocenters. The van der Waals surface area contributed by atoms with Crippen LogP contribution in [0, 0.1) is 10.1 Å². The number of thiophene rings is 1. The highest BCUT2D eigenvalue weighted by Crippen LogP contribution is 2.29.